The fourth-order valence-electron chi connectivity index (χ4n) is 4.31. The summed E-state index contributed by atoms with van der Waals surface area (Å²) in [6.07, 6.45) is -0.527. The number of ether oxygens (including phenoxy) is 1. The molecule has 0 saturated carbocycles. The summed E-state index contributed by atoms with van der Waals surface area (Å²) in [5.41, 5.74) is 3.30. The number of benzene rings is 2. The van der Waals surface area contributed by atoms with Gasteiger partial charge in [0, 0.05) is 16.9 Å². The Labute approximate surface area is 238 Å². The van der Waals surface area contributed by atoms with Crippen molar-refractivity contribution in [1.82, 2.24) is 15.5 Å². The average molecular weight is 588 g/mol. The molecule has 3 atom stereocenters. The maximum atomic E-state index is 15.0. The molecule has 2 aromatic carbocycles. The summed E-state index contributed by atoms with van der Waals surface area (Å²) in [5, 5.41) is 12.7. The Morgan fingerprint density at radius 2 is 1.76 bits per heavy atom. The van der Waals surface area contributed by atoms with E-state index in [4.69, 9.17) is 15.9 Å². The summed E-state index contributed by atoms with van der Waals surface area (Å²) in [6, 6.07) is 12.9. The van der Waals surface area contributed by atoms with E-state index in [1.165, 1.54) is 59.9 Å². The third-order valence-corrected chi connectivity index (χ3v) is 7.80. The SMILES string of the molecule is CC(NC(=O)[C@@H]1C[C@](F)(CF)CN1C(=O)CNC(=O)c1ccc(Oc2ccc(F)cc2)cc1)c1ccc(C(=N)N)s1. The van der Waals surface area contributed by atoms with Crippen molar-refractivity contribution < 1.29 is 32.3 Å². The van der Waals surface area contributed by atoms with E-state index in [1.807, 2.05) is 0 Å². The van der Waals surface area contributed by atoms with Crippen LogP contribution in [0.15, 0.2) is 60.7 Å². The molecule has 9 nitrogen and oxygen atoms in total. The van der Waals surface area contributed by atoms with Crippen LogP contribution in [-0.4, -0.2) is 59.9 Å². The lowest BCUT2D eigenvalue weighted by molar-refractivity contribution is -0.138. The second-order valence-corrected chi connectivity index (χ2v) is 10.8. The number of rotatable bonds is 10. The second kappa shape index (κ2) is 12.4. The third kappa shape index (κ3) is 7.23. The molecule has 0 bridgehead atoms. The number of hydrogen-bond donors (Lipinski definition) is 4. The first-order valence-electron chi connectivity index (χ1n) is 12.6. The van der Waals surface area contributed by atoms with E-state index in [0.717, 1.165) is 4.90 Å². The Morgan fingerprint density at radius 1 is 1.12 bits per heavy atom. The van der Waals surface area contributed by atoms with Crippen LogP contribution in [0.3, 0.4) is 0 Å². The highest BCUT2D eigenvalue weighted by Crippen LogP contribution is 2.32. The summed E-state index contributed by atoms with van der Waals surface area (Å²) in [6.45, 7) is -0.862. The van der Waals surface area contributed by atoms with Crippen LogP contribution in [0, 0.1) is 11.2 Å². The number of amidine groups is 1. The van der Waals surface area contributed by atoms with Gasteiger partial charge in [0.15, 0.2) is 5.67 Å². The van der Waals surface area contributed by atoms with Crippen molar-refractivity contribution in [3.8, 4) is 11.5 Å². The lowest BCUT2D eigenvalue weighted by atomic mass is 10.0. The van der Waals surface area contributed by atoms with Crippen LogP contribution in [0.25, 0.3) is 0 Å². The van der Waals surface area contributed by atoms with Gasteiger partial charge in [0.25, 0.3) is 5.91 Å². The van der Waals surface area contributed by atoms with Crippen LogP contribution in [0.2, 0.25) is 0 Å². The molecular weight excluding hydrogens is 559 g/mol. The summed E-state index contributed by atoms with van der Waals surface area (Å²) in [4.78, 5) is 40.8. The van der Waals surface area contributed by atoms with Gasteiger partial charge in [-0.25, -0.2) is 13.2 Å². The van der Waals surface area contributed by atoms with Crippen LogP contribution >= 0.6 is 11.3 Å². The van der Waals surface area contributed by atoms with Crippen molar-refractivity contribution in [3.05, 3.63) is 81.8 Å². The van der Waals surface area contributed by atoms with E-state index in [0.29, 0.717) is 21.3 Å². The van der Waals surface area contributed by atoms with Gasteiger partial charge >= 0.3 is 0 Å². The Morgan fingerprint density at radius 3 is 2.34 bits per heavy atom. The van der Waals surface area contributed by atoms with Gasteiger partial charge in [-0.05, 0) is 67.6 Å². The molecule has 2 heterocycles. The van der Waals surface area contributed by atoms with E-state index in [2.05, 4.69) is 10.6 Å². The predicted octanol–water partition coefficient (Wildman–Crippen LogP) is 3.85. The van der Waals surface area contributed by atoms with Gasteiger partial charge in [-0.2, -0.15) is 0 Å². The number of nitrogen functional groups attached to an aromatic ring is 1. The van der Waals surface area contributed by atoms with Gasteiger partial charge in [-0.3, -0.25) is 19.8 Å². The van der Waals surface area contributed by atoms with Crippen molar-refractivity contribution in [2.75, 3.05) is 19.8 Å². The molecule has 1 saturated heterocycles. The van der Waals surface area contributed by atoms with Crippen molar-refractivity contribution in [1.29, 1.82) is 5.41 Å². The number of hydrogen-bond acceptors (Lipinski definition) is 6. The molecule has 41 heavy (non-hydrogen) atoms. The van der Waals surface area contributed by atoms with Crippen molar-refractivity contribution in [2.24, 2.45) is 5.73 Å². The summed E-state index contributed by atoms with van der Waals surface area (Å²) < 4.78 is 47.2. The monoisotopic (exact) mass is 587 g/mol. The van der Waals surface area contributed by atoms with E-state index >= 15 is 0 Å². The van der Waals surface area contributed by atoms with Gasteiger partial charge in [0.05, 0.1) is 24.0 Å². The van der Waals surface area contributed by atoms with Crippen molar-refractivity contribution >= 4 is 34.9 Å². The number of nitrogens with one attached hydrogen (secondary N) is 3. The van der Waals surface area contributed by atoms with Crippen LogP contribution in [0.4, 0.5) is 13.2 Å². The molecule has 4 rings (SSSR count). The first kappa shape index (κ1) is 29.6. The summed E-state index contributed by atoms with van der Waals surface area (Å²) in [5.74, 6) is -1.73. The number of amides is 3. The minimum atomic E-state index is -2.39. The van der Waals surface area contributed by atoms with Crippen LogP contribution < -0.4 is 21.1 Å². The molecule has 1 aliphatic rings. The second-order valence-electron chi connectivity index (χ2n) is 9.64. The Bertz CT molecular complexity index is 1430. The molecule has 5 N–H and O–H groups in total. The first-order chi connectivity index (χ1) is 19.5. The van der Waals surface area contributed by atoms with Crippen LogP contribution in [0.5, 0.6) is 11.5 Å². The first-order valence-corrected chi connectivity index (χ1v) is 13.4. The Balaban J connectivity index is 1.36. The van der Waals surface area contributed by atoms with Gasteiger partial charge < -0.3 is 26.0 Å². The minimum absolute atomic E-state index is 0.117. The van der Waals surface area contributed by atoms with E-state index in [-0.39, 0.29) is 11.4 Å². The number of thiophene rings is 1. The highest BCUT2D eigenvalue weighted by molar-refractivity contribution is 7.14. The quantitative estimate of drug-likeness (QED) is 0.211. The maximum Gasteiger partial charge on any atom is 0.251 e. The standard InChI is InChI=1S/C28H28F3N5O4S/c1-16(22-10-11-23(41-22)25(32)33)35-27(39)21-12-28(31,14-29)15-36(21)24(37)13-34-26(38)17-2-6-19(7-3-17)40-20-8-4-18(30)5-9-20/h2-11,16,21H,12-15H2,1H3,(H3,32,33)(H,34,38)(H,35,39)/t16?,21-,28-/m0/s1. The number of nitrogens with zero attached hydrogens (tertiary/aromatic N) is 1. The van der Waals surface area contributed by atoms with Crippen LogP contribution in [0.1, 0.15) is 39.5 Å². The maximum absolute atomic E-state index is 15.0. The molecule has 1 aromatic heterocycles. The molecule has 3 aromatic rings. The van der Waals surface area contributed by atoms with E-state index in [9.17, 15) is 27.6 Å². The number of carbonyl (C=O) groups is 3. The zero-order valence-electron chi connectivity index (χ0n) is 22.0. The highest BCUT2D eigenvalue weighted by Gasteiger charge is 2.49. The molecular formula is C28H28F3N5O4S. The molecule has 216 valence electrons. The number of nitrogens with two attached hydrogens (primary N) is 1. The fourth-order valence-corrected chi connectivity index (χ4v) is 5.19. The van der Waals surface area contributed by atoms with E-state index in [1.54, 1.807) is 19.1 Å². The number of alkyl halides is 2. The van der Waals surface area contributed by atoms with Crippen molar-refractivity contribution in [3.63, 3.8) is 0 Å². The van der Waals surface area contributed by atoms with Crippen LogP contribution in [-0.2, 0) is 9.59 Å². The van der Waals surface area contributed by atoms with Gasteiger partial charge in [-0.15, -0.1) is 11.3 Å². The molecule has 1 fully saturated rings. The zero-order valence-corrected chi connectivity index (χ0v) is 22.8. The smallest absolute Gasteiger partial charge is 0.251 e. The fraction of sp³-hybridized carbons (Fsp3) is 0.286. The Kier molecular flexibility index (Phi) is 8.96. The number of likely N-dealkylation sites (tertiary alicyclic amines) is 1. The van der Waals surface area contributed by atoms with Gasteiger partial charge in [0.1, 0.15) is 35.9 Å². The molecule has 13 heteroatoms. The summed E-state index contributed by atoms with van der Waals surface area (Å²) >= 11 is 1.21. The largest absolute Gasteiger partial charge is 0.457 e. The molecule has 1 aliphatic heterocycles. The predicted molar refractivity (Wildman–Crippen MR) is 147 cm³/mol. The lowest BCUT2D eigenvalue weighted by Crippen LogP contribution is -2.49. The molecule has 0 aliphatic carbocycles. The lowest BCUT2D eigenvalue weighted by Gasteiger charge is -2.25. The summed E-state index contributed by atoms with van der Waals surface area (Å²) in [7, 11) is 0. The molecule has 0 radical (unpaired) electrons. The third-order valence-electron chi connectivity index (χ3n) is 6.50. The topological polar surface area (TPSA) is 138 Å². The molecule has 3 amide bonds. The van der Waals surface area contributed by atoms with Gasteiger partial charge in [0.2, 0.25) is 11.8 Å². The minimum Gasteiger partial charge on any atom is -0.457 e. The van der Waals surface area contributed by atoms with Gasteiger partial charge in [-0.1, -0.05) is 0 Å². The van der Waals surface area contributed by atoms with Crippen molar-refractivity contribution in [2.45, 2.75) is 31.1 Å². The Hall–Kier alpha value is -4.39. The number of carbonyl (C=O) groups excluding carboxylic acids is 3. The molecule has 0 spiro atoms. The average Bonchev–Trinajstić information content (AvgIpc) is 3.59. The zero-order chi connectivity index (χ0) is 29.7. The highest BCUT2D eigenvalue weighted by atomic mass is 32.1. The normalized spacial score (nSPS) is 18.9. The molecule has 1 unspecified atom stereocenters. The number of halogens is 3. The van der Waals surface area contributed by atoms with E-state index < -0.39 is 67.5 Å².